The van der Waals surface area contributed by atoms with Crippen molar-refractivity contribution in [1.29, 1.82) is 0 Å². The SMILES string of the molecule is COCC(C)NS(=O)(=O)c1ccc(NC(=O)c2ccc(OCc3nccn3C)cc2)cc1. The van der Waals surface area contributed by atoms with Gasteiger partial charge in [0, 0.05) is 43.8 Å². The molecule has 1 unspecified atom stereocenters. The number of carbonyl (C=O) groups is 1. The van der Waals surface area contributed by atoms with E-state index in [1.54, 1.807) is 37.4 Å². The average Bonchev–Trinajstić information content (AvgIpc) is 3.17. The number of nitrogens with one attached hydrogen (secondary N) is 2. The van der Waals surface area contributed by atoms with Gasteiger partial charge in [0.15, 0.2) is 0 Å². The maximum Gasteiger partial charge on any atom is 0.255 e. The van der Waals surface area contributed by atoms with Gasteiger partial charge in [-0.2, -0.15) is 0 Å². The van der Waals surface area contributed by atoms with Gasteiger partial charge in [-0.15, -0.1) is 0 Å². The molecule has 1 amide bonds. The van der Waals surface area contributed by atoms with Gasteiger partial charge >= 0.3 is 0 Å². The summed E-state index contributed by atoms with van der Waals surface area (Å²) >= 11 is 0. The smallest absolute Gasteiger partial charge is 0.255 e. The van der Waals surface area contributed by atoms with Crippen molar-refractivity contribution in [3.8, 4) is 5.75 Å². The number of amides is 1. The summed E-state index contributed by atoms with van der Waals surface area (Å²) in [5.41, 5.74) is 0.926. The van der Waals surface area contributed by atoms with Crippen molar-refractivity contribution in [3.63, 3.8) is 0 Å². The van der Waals surface area contributed by atoms with E-state index in [-0.39, 0.29) is 23.5 Å². The molecule has 0 bridgehead atoms. The van der Waals surface area contributed by atoms with Crippen LogP contribution in [0, 0.1) is 0 Å². The highest BCUT2D eigenvalue weighted by molar-refractivity contribution is 7.89. The van der Waals surface area contributed by atoms with Gasteiger partial charge in [0.25, 0.3) is 5.91 Å². The van der Waals surface area contributed by atoms with E-state index in [9.17, 15) is 13.2 Å². The van der Waals surface area contributed by atoms with Crippen LogP contribution in [0.3, 0.4) is 0 Å². The first-order valence-corrected chi connectivity index (χ1v) is 11.4. The number of rotatable bonds is 10. The maximum absolute atomic E-state index is 12.5. The fourth-order valence-electron chi connectivity index (χ4n) is 2.92. The van der Waals surface area contributed by atoms with Gasteiger partial charge in [0.2, 0.25) is 10.0 Å². The highest BCUT2D eigenvalue weighted by Crippen LogP contribution is 2.17. The van der Waals surface area contributed by atoms with Crippen LogP contribution in [-0.4, -0.2) is 43.6 Å². The Morgan fingerprint density at radius 2 is 1.81 bits per heavy atom. The molecule has 1 atom stereocenters. The number of nitrogens with zero attached hydrogens (tertiary/aromatic N) is 2. The van der Waals surface area contributed by atoms with Gasteiger partial charge in [-0.05, 0) is 55.5 Å². The van der Waals surface area contributed by atoms with Crippen LogP contribution in [-0.2, 0) is 28.4 Å². The third-order valence-electron chi connectivity index (χ3n) is 4.60. The standard InChI is InChI=1S/C22H26N4O5S/c1-16(14-30-3)25-32(28,29)20-10-6-18(7-11-20)24-22(27)17-4-8-19(9-5-17)31-15-21-23-12-13-26(21)2/h4-13,16,25H,14-15H2,1-3H3,(H,24,27). The first-order chi connectivity index (χ1) is 15.3. The zero-order chi connectivity index (χ0) is 23.1. The zero-order valence-electron chi connectivity index (χ0n) is 18.1. The highest BCUT2D eigenvalue weighted by atomic mass is 32.2. The molecule has 170 valence electrons. The van der Waals surface area contributed by atoms with Crippen LogP contribution in [0.15, 0.2) is 65.8 Å². The van der Waals surface area contributed by atoms with Gasteiger partial charge in [-0.25, -0.2) is 18.1 Å². The summed E-state index contributed by atoms with van der Waals surface area (Å²) in [6, 6.07) is 12.3. The Balaban J connectivity index is 1.57. The number of hydrogen-bond donors (Lipinski definition) is 2. The van der Waals surface area contributed by atoms with Crippen LogP contribution in [0.2, 0.25) is 0 Å². The molecule has 10 heteroatoms. The second-order valence-corrected chi connectivity index (χ2v) is 8.94. The molecule has 9 nitrogen and oxygen atoms in total. The molecule has 3 aromatic rings. The number of methoxy groups -OCH3 is 1. The Morgan fingerprint density at radius 3 is 2.41 bits per heavy atom. The predicted octanol–water partition coefficient (Wildman–Crippen LogP) is 2.56. The minimum absolute atomic E-state index is 0.104. The number of imidazole rings is 1. The molecule has 0 radical (unpaired) electrons. The molecule has 0 aliphatic carbocycles. The highest BCUT2D eigenvalue weighted by Gasteiger charge is 2.17. The molecule has 0 fully saturated rings. The molecule has 0 aliphatic heterocycles. The molecule has 1 heterocycles. The summed E-state index contributed by atoms with van der Waals surface area (Å²) in [5, 5.41) is 2.75. The zero-order valence-corrected chi connectivity index (χ0v) is 18.9. The van der Waals surface area contributed by atoms with Crippen LogP contribution >= 0.6 is 0 Å². The summed E-state index contributed by atoms with van der Waals surface area (Å²) < 4.78 is 39.8. The Kier molecular flexibility index (Phi) is 7.62. The molecule has 2 aromatic carbocycles. The summed E-state index contributed by atoms with van der Waals surface area (Å²) in [6.07, 6.45) is 3.54. The predicted molar refractivity (Wildman–Crippen MR) is 120 cm³/mol. The Bertz CT molecular complexity index is 1140. The van der Waals surface area contributed by atoms with Crippen molar-refractivity contribution in [2.24, 2.45) is 7.05 Å². The van der Waals surface area contributed by atoms with E-state index in [1.807, 2.05) is 17.8 Å². The third-order valence-corrected chi connectivity index (χ3v) is 6.21. The average molecular weight is 459 g/mol. The molecule has 32 heavy (non-hydrogen) atoms. The second kappa shape index (κ2) is 10.4. The lowest BCUT2D eigenvalue weighted by Gasteiger charge is -2.13. The summed E-state index contributed by atoms with van der Waals surface area (Å²) in [4.78, 5) is 16.8. The van der Waals surface area contributed by atoms with E-state index in [0.29, 0.717) is 23.6 Å². The fraction of sp³-hybridized carbons (Fsp3) is 0.273. The van der Waals surface area contributed by atoms with Gasteiger partial charge in [0.1, 0.15) is 18.2 Å². The second-order valence-electron chi connectivity index (χ2n) is 7.22. The monoisotopic (exact) mass is 458 g/mol. The quantitative estimate of drug-likeness (QED) is 0.483. The molecule has 0 aliphatic rings. The largest absolute Gasteiger partial charge is 0.486 e. The summed E-state index contributed by atoms with van der Waals surface area (Å²) in [5.74, 6) is 1.10. The number of hydrogen-bond acceptors (Lipinski definition) is 6. The lowest BCUT2D eigenvalue weighted by Crippen LogP contribution is -2.35. The Morgan fingerprint density at radius 1 is 1.12 bits per heavy atom. The van der Waals surface area contributed by atoms with Gasteiger partial charge < -0.3 is 19.4 Å². The molecule has 1 aromatic heterocycles. The van der Waals surface area contributed by atoms with E-state index in [2.05, 4.69) is 15.0 Å². The molecule has 0 spiro atoms. The normalized spacial score (nSPS) is 12.3. The van der Waals surface area contributed by atoms with Crippen LogP contribution < -0.4 is 14.8 Å². The van der Waals surface area contributed by atoms with E-state index in [4.69, 9.17) is 9.47 Å². The van der Waals surface area contributed by atoms with E-state index in [1.165, 1.54) is 31.4 Å². The first-order valence-electron chi connectivity index (χ1n) is 9.90. The lowest BCUT2D eigenvalue weighted by atomic mass is 10.2. The maximum atomic E-state index is 12.5. The number of benzene rings is 2. The number of ether oxygens (including phenoxy) is 2. The Hall–Kier alpha value is -3.21. The number of aromatic nitrogens is 2. The lowest BCUT2D eigenvalue weighted by molar-refractivity contribution is 0.102. The van der Waals surface area contributed by atoms with E-state index >= 15 is 0 Å². The van der Waals surface area contributed by atoms with Crippen LogP contribution in [0.25, 0.3) is 0 Å². The van der Waals surface area contributed by atoms with Crippen molar-refractivity contribution < 1.29 is 22.7 Å². The first kappa shape index (κ1) is 23.5. The number of sulfonamides is 1. The third kappa shape index (κ3) is 6.16. The van der Waals surface area contributed by atoms with Crippen molar-refractivity contribution in [2.45, 2.75) is 24.5 Å². The van der Waals surface area contributed by atoms with E-state index < -0.39 is 10.0 Å². The number of anilines is 1. The molecule has 0 saturated carbocycles. The van der Waals surface area contributed by atoms with Crippen molar-refractivity contribution in [2.75, 3.05) is 19.0 Å². The number of aryl methyl sites for hydroxylation is 1. The van der Waals surface area contributed by atoms with Crippen LogP contribution in [0.5, 0.6) is 5.75 Å². The van der Waals surface area contributed by atoms with Crippen molar-refractivity contribution in [3.05, 3.63) is 72.3 Å². The van der Waals surface area contributed by atoms with Crippen LogP contribution in [0.4, 0.5) is 5.69 Å². The molecular weight excluding hydrogens is 432 g/mol. The molecule has 0 saturated heterocycles. The Labute approximate surface area is 187 Å². The fourth-order valence-corrected chi connectivity index (χ4v) is 4.15. The molecular formula is C22H26N4O5S. The van der Waals surface area contributed by atoms with Gasteiger partial charge in [0.05, 0.1) is 11.5 Å². The molecule has 3 rings (SSSR count). The van der Waals surface area contributed by atoms with Gasteiger partial charge in [-0.1, -0.05) is 0 Å². The van der Waals surface area contributed by atoms with Crippen molar-refractivity contribution >= 4 is 21.6 Å². The van der Waals surface area contributed by atoms with E-state index in [0.717, 1.165) is 5.82 Å². The number of carbonyl (C=O) groups excluding carboxylic acids is 1. The summed E-state index contributed by atoms with van der Waals surface area (Å²) in [6.45, 7) is 2.30. The molecule has 2 N–H and O–H groups in total. The van der Waals surface area contributed by atoms with Crippen molar-refractivity contribution in [1.82, 2.24) is 14.3 Å². The minimum Gasteiger partial charge on any atom is -0.486 e. The topological polar surface area (TPSA) is 112 Å². The van der Waals surface area contributed by atoms with Gasteiger partial charge in [-0.3, -0.25) is 4.79 Å². The summed E-state index contributed by atoms with van der Waals surface area (Å²) in [7, 11) is -0.278. The minimum atomic E-state index is -3.67. The van der Waals surface area contributed by atoms with Crippen LogP contribution in [0.1, 0.15) is 23.1 Å².